The fourth-order valence-corrected chi connectivity index (χ4v) is 5.17. The first-order valence-corrected chi connectivity index (χ1v) is 10.5. The minimum atomic E-state index is -1.03. The molecule has 1 saturated heterocycles. The van der Waals surface area contributed by atoms with E-state index < -0.39 is 24.5 Å². The summed E-state index contributed by atoms with van der Waals surface area (Å²) in [7, 11) is 0. The summed E-state index contributed by atoms with van der Waals surface area (Å²) >= 11 is 0. The maximum Gasteiger partial charge on any atom is 0.329 e. The van der Waals surface area contributed by atoms with Gasteiger partial charge in [0.25, 0.3) is 5.91 Å². The van der Waals surface area contributed by atoms with Gasteiger partial charge in [-0.25, -0.2) is 4.79 Å². The van der Waals surface area contributed by atoms with Crippen LogP contribution in [-0.4, -0.2) is 47.8 Å². The smallest absolute Gasteiger partial charge is 0.329 e. The van der Waals surface area contributed by atoms with Gasteiger partial charge in [-0.2, -0.15) is 0 Å². The summed E-state index contributed by atoms with van der Waals surface area (Å²) in [5.41, 5.74) is 0.542. The molecule has 1 aromatic rings. The molecule has 4 rings (SSSR count). The first-order valence-electron chi connectivity index (χ1n) is 10.5. The van der Waals surface area contributed by atoms with Crippen molar-refractivity contribution in [1.82, 2.24) is 4.90 Å². The minimum Gasteiger partial charge on any atom is -0.494 e. The first-order chi connectivity index (χ1) is 14.4. The van der Waals surface area contributed by atoms with Gasteiger partial charge in [0.1, 0.15) is 11.8 Å². The summed E-state index contributed by atoms with van der Waals surface area (Å²) in [6.45, 7) is 3.41. The molecule has 0 aromatic heterocycles. The van der Waals surface area contributed by atoms with Crippen molar-refractivity contribution in [3.8, 4) is 5.75 Å². The Kier molecular flexibility index (Phi) is 5.49. The molecule has 1 N–H and O–H groups in total. The van der Waals surface area contributed by atoms with Crippen LogP contribution in [0, 0.1) is 23.7 Å². The highest BCUT2D eigenvalue weighted by atomic mass is 16.5. The standard InChI is InChI=1S/C22H26N2O6/c1-3-29-16-8-6-15(7-9-16)23-17(25)11-30-22(28)12(2)24-20(26)18-13-4-5-14(10-13)19(18)21(24)27/h6-9,12-14,18-19H,3-5,10-11H2,1-2H3,(H,23,25)/t12-,13-,14+,18-,19+/m0/s1. The average molecular weight is 414 g/mol. The number of rotatable bonds is 7. The number of nitrogens with zero attached hydrogens (tertiary/aromatic N) is 1. The lowest BCUT2D eigenvalue weighted by molar-refractivity contribution is -0.159. The fraction of sp³-hybridized carbons (Fsp3) is 0.545. The van der Waals surface area contributed by atoms with Gasteiger partial charge >= 0.3 is 5.97 Å². The summed E-state index contributed by atoms with van der Waals surface area (Å²) in [5.74, 6) is -1.16. The third-order valence-electron chi connectivity index (χ3n) is 6.48. The van der Waals surface area contributed by atoms with E-state index in [9.17, 15) is 19.2 Å². The van der Waals surface area contributed by atoms with Crippen molar-refractivity contribution in [1.29, 1.82) is 0 Å². The highest BCUT2D eigenvalue weighted by Gasteiger charge is 2.62. The van der Waals surface area contributed by atoms with E-state index in [-0.39, 0.29) is 35.5 Å². The van der Waals surface area contributed by atoms with Crippen molar-refractivity contribution in [2.75, 3.05) is 18.5 Å². The summed E-state index contributed by atoms with van der Waals surface area (Å²) in [4.78, 5) is 51.2. The predicted octanol–water partition coefficient (Wildman–Crippen LogP) is 1.99. The molecule has 1 aromatic carbocycles. The molecule has 160 valence electrons. The molecule has 2 aliphatic carbocycles. The number of ether oxygens (including phenoxy) is 2. The number of carbonyl (C=O) groups excluding carboxylic acids is 4. The number of hydrogen-bond acceptors (Lipinski definition) is 6. The number of imide groups is 1. The second-order valence-electron chi connectivity index (χ2n) is 8.22. The van der Waals surface area contributed by atoms with Gasteiger partial charge in [0.15, 0.2) is 6.61 Å². The Morgan fingerprint density at radius 2 is 1.70 bits per heavy atom. The molecule has 3 amide bonds. The molecule has 0 unspecified atom stereocenters. The van der Waals surface area contributed by atoms with Gasteiger partial charge in [-0.3, -0.25) is 19.3 Å². The first kappa shape index (κ1) is 20.4. The van der Waals surface area contributed by atoms with Gasteiger partial charge in [-0.15, -0.1) is 0 Å². The lowest BCUT2D eigenvalue weighted by Crippen LogP contribution is -2.45. The number of benzene rings is 1. The van der Waals surface area contributed by atoms with Gasteiger partial charge in [0.2, 0.25) is 11.8 Å². The van der Waals surface area contributed by atoms with Crippen LogP contribution in [0.4, 0.5) is 5.69 Å². The number of fused-ring (bicyclic) bond motifs is 5. The van der Waals surface area contributed by atoms with Crippen molar-refractivity contribution in [2.45, 2.75) is 39.2 Å². The van der Waals surface area contributed by atoms with Gasteiger partial charge in [-0.05, 0) is 69.2 Å². The van der Waals surface area contributed by atoms with Crippen LogP contribution in [0.5, 0.6) is 5.75 Å². The Morgan fingerprint density at radius 1 is 1.10 bits per heavy atom. The van der Waals surface area contributed by atoms with E-state index in [1.165, 1.54) is 6.92 Å². The van der Waals surface area contributed by atoms with Crippen LogP contribution >= 0.6 is 0 Å². The Bertz CT molecular complexity index is 839. The molecule has 1 heterocycles. The van der Waals surface area contributed by atoms with E-state index in [0.717, 1.165) is 24.2 Å². The maximum absolute atomic E-state index is 12.8. The topological polar surface area (TPSA) is 102 Å². The Hall–Kier alpha value is -2.90. The minimum absolute atomic E-state index is 0.254. The van der Waals surface area contributed by atoms with Gasteiger partial charge in [0, 0.05) is 5.69 Å². The molecule has 5 atom stereocenters. The van der Waals surface area contributed by atoms with E-state index in [4.69, 9.17) is 9.47 Å². The number of nitrogens with one attached hydrogen (secondary N) is 1. The molecule has 3 fully saturated rings. The van der Waals surface area contributed by atoms with Crippen molar-refractivity contribution >= 4 is 29.4 Å². The van der Waals surface area contributed by atoms with Crippen LogP contribution in [0.25, 0.3) is 0 Å². The molecule has 8 heteroatoms. The van der Waals surface area contributed by atoms with Crippen LogP contribution in [0.3, 0.4) is 0 Å². The number of esters is 1. The quantitative estimate of drug-likeness (QED) is 0.541. The van der Waals surface area contributed by atoms with E-state index in [0.29, 0.717) is 18.0 Å². The normalized spacial score (nSPS) is 27.7. The molecule has 0 radical (unpaired) electrons. The monoisotopic (exact) mass is 414 g/mol. The van der Waals surface area contributed by atoms with E-state index in [1.54, 1.807) is 24.3 Å². The largest absolute Gasteiger partial charge is 0.494 e. The van der Waals surface area contributed by atoms with Gasteiger partial charge in [0.05, 0.1) is 18.4 Å². The molecule has 2 bridgehead atoms. The van der Waals surface area contributed by atoms with Gasteiger partial charge in [-0.1, -0.05) is 0 Å². The van der Waals surface area contributed by atoms with Gasteiger partial charge < -0.3 is 14.8 Å². The third-order valence-corrected chi connectivity index (χ3v) is 6.48. The molecular formula is C22H26N2O6. The van der Waals surface area contributed by atoms with E-state index in [2.05, 4.69) is 5.32 Å². The Labute approximate surface area is 174 Å². The number of hydrogen-bond donors (Lipinski definition) is 1. The van der Waals surface area contributed by atoms with Crippen molar-refractivity contribution in [3.05, 3.63) is 24.3 Å². The van der Waals surface area contributed by atoms with E-state index in [1.807, 2.05) is 6.92 Å². The molecule has 1 aliphatic heterocycles. The SMILES string of the molecule is CCOc1ccc(NC(=O)COC(=O)[C@H](C)N2C(=O)[C@@H]3[C@@H]4CC[C@@H](C4)[C@@H]3C2=O)cc1. The second-order valence-corrected chi connectivity index (χ2v) is 8.22. The highest BCUT2D eigenvalue weighted by Crippen LogP contribution is 2.56. The lowest BCUT2D eigenvalue weighted by atomic mass is 9.81. The zero-order valence-electron chi connectivity index (χ0n) is 17.1. The van der Waals surface area contributed by atoms with Crippen LogP contribution in [0.2, 0.25) is 0 Å². The number of anilines is 1. The highest BCUT2D eigenvalue weighted by molar-refractivity contribution is 6.08. The maximum atomic E-state index is 12.8. The average Bonchev–Trinajstić information content (AvgIpc) is 3.41. The third kappa shape index (κ3) is 3.55. The van der Waals surface area contributed by atoms with Crippen LogP contribution in [0.1, 0.15) is 33.1 Å². The fourth-order valence-electron chi connectivity index (χ4n) is 5.17. The van der Waals surface area contributed by atoms with Crippen LogP contribution in [-0.2, 0) is 23.9 Å². The molecule has 0 spiro atoms. The predicted molar refractivity (Wildman–Crippen MR) is 106 cm³/mol. The number of likely N-dealkylation sites (tertiary alicyclic amines) is 1. The van der Waals surface area contributed by atoms with Crippen molar-refractivity contribution in [3.63, 3.8) is 0 Å². The summed E-state index contributed by atoms with van der Waals surface area (Å²) in [6.07, 6.45) is 2.89. The van der Waals surface area contributed by atoms with Crippen molar-refractivity contribution < 1.29 is 28.7 Å². The van der Waals surface area contributed by atoms with Crippen LogP contribution < -0.4 is 10.1 Å². The lowest BCUT2D eigenvalue weighted by Gasteiger charge is -2.23. The number of amides is 3. The zero-order chi connectivity index (χ0) is 21.4. The molecule has 3 aliphatic rings. The molecule has 8 nitrogen and oxygen atoms in total. The number of carbonyl (C=O) groups is 4. The summed E-state index contributed by atoms with van der Waals surface area (Å²) < 4.78 is 10.4. The van der Waals surface area contributed by atoms with Crippen molar-refractivity contribution in [2.24, 2.45) is 23.7 Å². The zero-order valence-corrected chi connectivity index (χ0v) is 17.1. The molecule has 30 heavy (non-hydrogen) atoms. The second kappa shape index (κ2) is 8.08. The summed E-state index contributed by atoms with van der Waals surface area (Å²) in [6, 6.07) is 5.78. The summed E-state index contributed by atoms with van der Waals surface area (Å²) in [5, 5.41) is 2.63. The van der Waals surface area contributed by atoms with E-state index >= 15 is 0 Å². The molecular weight excluding hydrogens is 388 g/mol. The Balaban J connectivity index is 1.30. The Morgan fingerprint density at radius 3 is 2.27 bits per heavy atom. The molecule has 2 saturated carbocycles. The van der Waals surface area contributed by atoms with Crippen LogP contribution in [0.15, 0.2) is 24.3 Å².